The minimum atomic E-state index is -1.35. The van der Waals surface area contributed by atoms with Crippen LogP contribution in [0.2, 0.25) is 0 Å². The van der Waals surface area contributed by atoms with Gasteiger partial charge in [0, 0.05) is 12.6 Å². The molecule has 0 saturated heterocycles. The Morgan fingerprint density at radius 2 is 2.21 bits per heavy atom. The number of benzene rings is 1. The van der Waals surface area contributed by atoms with Crippen LogP contribution in [0.1, 0.15) is 35.5 Å². The third kappa shape index (κ3) is 4.67. The van der Waals surface area contributed by atoms with E-state index in [9.17, 15) is 19.7 Å². The summed E-state index contributed by atoms with van der Waals surface area (Å²) in [4.78, 5) is 23.6. The van der Waals surface area contributed by atoms with Crippen LogP contribution >= 0.6 is 0 Å². The molecule has 0 bridgehead atoms. The predicted octanol–water partition coefficient (Wildman–Crippen LogP) is -0.386. The zero-order chi connectivity index (χ0) is 20.3. The fourth-order valence-electron chi connectivity index (χ4n) is 2.92. The van der Waals surface area contributed by atoms with Gasteiger partial charge < -0.3 is 25.4 Å². The molecule has 0 radical (unpaired) electrons. The van der Waals surface area contributed by atoms with Gasteiger partial charge in [0.25, 0.3) is 0 Å². The number of aromatic carboxylic acids is 1. The summed E-state index contributed by atoms with van der Waals surface area (Å²) >= 11 is 0. The average molecular weight is 387 g/mol. The number of carbonyl (C=O) groups excluding carboxylic acids is 1. The first kappa shape index (κ1) is 19.8. The van der Waals surface area contributed by atoms with E-state index < -0.39 is 19.0 Å². The molecule has 10 nitrogen and oxygen atoms in total. The number of aromatic nitrogens is 3. The molecule has 1 amide bonds. The summed E-state index contributed by atoms with van der Waals surface area (Å²) in [6.07, 6.45) is 1.93. The number of fused-ring (bicyclic) bond motifs is 1. The maximum atomic E-state index is 12.3. The Kier molecular flexibility index (Phi) is 5.95. The van der Waals surface area contributed by atoms with E-state index in [0.717, 1.165) is 5.69 Å². The molecule has 1 aliphatic rings. The fraction of sp³-hybridized carbons (Fsp3) is 0.412. The first-order valence-electron chi connectivity index (χ1n) is 8.95. The largest absolute Gasteiger partial charge is 0.547 e. The quantitative estimate of drug-likeness (QED) is 0.472. The second kappa shape index (κ2) is 8.40. The fourth-order valence-corrected chi connectivity index (χ4v) is 2.92. The molecule has 1 aromatic heterocycles. The van der Waals surface area contributed by atoms with Crippen molar-refractivity contribution < 1.29 is 24.4 Å². The number of hydrogen-bond donors (Lipinski definition) is 4. The van der Waals surface area contributed by atoms with E-state index in [-0.39, 0.29) is 30.2 Å². The molecule has 148 valence electrons. The molecule has 1 aliphatic heterocycles. The molecule has 0 saturated carbocycles. The van der Waals surface area contributed by atoms with Gasteiger partial charge >= 0.3 is 13.1 Å². The SMILES string of the molecule is CC(C)NCc1cn(CC(=O)NC2Cc3cccc(C(=O)O)c3OB2O)nn1. The zero-order valence-electron chi connectivity index (χ0n) is 15.6. The van der Waals surface area contributed by atoms with E-state index in [1.54, 1.807) is 18.3 Å². The van der Waals surface area contributed by atoms with E-state index in [1.165, 1.54) is 10.7 Å². The lowest BCUT2D eigenvalue weighted by Gasteiger charge is -2.28. The van der Waals surface area contributed by atoms with Crippen LogP contribution < -0.4 is 15.3 Å². The minimum Gasteiger partial charge on any atom is -0.534 e. The maximum absolute atomic E-state index is 12.3. The summed E-state index contributed by atoms with van der Waals surface area (Å²) < 4.78 is 6.78. The minimum absolute atomic E-state index is 0.0218. The Morgan fingerprint density at radius 3 is 2.93 bits per heavy atom. The molecule has 0 fully saturated rings. The van der Waals surface area contributed by atoms with Crippen LogP contribution in [0.5, 0.6) is 5.75 Å². The van der Waals surface area contributed by atoms with E-state index in [1.807, 2.05) is 13.8 Å². The number of carboxylic acids is 1. The first-order valence-corrected chi connectivity index (χ1v) is 8.95. The Morgan fingerprint density at radius 1 is 1.43 bits per heavy atom. The van der Waals surface area contributed by atoms with Crippen LogP contribution in [-0.2, 0) is 24.3 Å². The number of carbonyl (C=O) groups is 2. The average Bonchev–Trinajstić information content (AvgIpc) is 3.07. The molecule has 2 aromatic rings. The molecule has 0 aliphatic carbocycles. The second-order valence-corrected chi connectivity index (χ2v) is 6.93. The monoisotopic (exact) mass is 387 g/mol. The van der Waals surface area contributed by atoms with E-state index in [4.69, 9.17) is 4.65 Å². The van der Waals surface area contributed by atoms with Crippen molar-refractivity contribution in [3.05, 3.63) is 41.2 Å². The maximum Gasteiger partial charge on any atom is 0.547 e. The van der Waals surface area contributed by atoms with Crippen molar-refractivity contribution in [2.45, 2.75) is 45.3 Å². The zero-order valence-corrected chi connectivity index (χ0v) is 15.6. The number of para-hydroxylation sites is 1. The van der Waals surface area contributed by atoms with Crippen molar-refractivity contribution in [3.63, 3.8) is 0 Å². The van der Waals surface area contributed by atoms with Crippen molar-refractivity contribution in [3.8, 4) is 5.75 Å². The van der Waals surface area contributed by atoms with Gasteiger partial charge in [-0.25, -0.2) is 9.48 Å². The smallest absolute Gasteiger partial charge is 0.534 e. The Balaban J connectivity index is 1.60. The molecule has 0 spiro atoms. The first-order chi connectivity index (χ1) is 13.3. The van der Waals surface area contributed by atoms with Gasteiger partial charge in [-0.3, -0.25) is 4.79 Å². The van der Waals surface area contributed by atoms with Gasteiger partial charge in [-0.05, 0) is 18.1 Å². The number of amides is 1. The lowest BCUT2D eigenvalue weighted by Crippen LogP contribution is -2.53. The summed E-state index contributed by atoms with van der Waals surface area (Å²) in [6.45, 7) is 4.54. The Bertz CT molecular complexity index is 871. The van der Waals surface area contributed by atoms with Crippen molar-refractivity contribution >= 4 is 19.0 Å². The predicted molar refractivity (Wildman–Crippen MR) is 99.6 cm³/mol. The van der Waals surface area contributed by atoms with Gasteiger partial charge in [-0.1, -0.05) is 31.2 Å². The van der Waals surface area contributed by atoms with Crippen LogP contribution in [0.25, 0.3) is 0 Å². The molecule has 1 aromatic carbocycles. The van der Waals surface area contributed by atoms with Gasteiger partial charge in [0.15, 0.2) is 0 Å². The second-order valence-electron chi connectivity index (χ2n) is 6.93. The number of carboxylic acid groups (broad SMARTS) is 1. The van der Waals surface area contributed by atoms with Crippen molar-refractivity contribution in [2.75, 3.05) is 0 Å². The van der Waals surface area contributed by atoms with Crippen LogP contribution in [0.4, 0.5) is 0 Å². The lowest BCUT2D eigenvalue weighted by molar-refractivity contribution is -0.122. The molecule has 1 unspecified atom stereocenters. The summed E-state index contributed by atoms with van der Waals surface area (Å²) in [5, 5.41) is 33.2. The van der Waals surface area contributed by atoms with Crippen LogP contribution in [-0.4, -0.2) is 56.1 Å². The van der Waals surface area contributed by atoms with Crippen LogP contribution in [0.15, 0.2) is 24.4 Å². The van der Waals surface area contributed by atoms with E-state index in [0.29, 0.717) is 18.2 Å². The molecule has 3 rings (SSSR count). The molecule has 2 heterocycles. The molecule has 4 N–H and O–H groups in total. The van der Waals surface area contributed by atoms with Crippen molar-refractivity contribution in [1.29, 1.82) is 0 Å². The van der Waals surface area contributed by atoms with Gasteiger partial charge in [-0.15, -0.1) is 5.10 Å². The number of hydrogen-bond acceptors (Lipinski definition) is 7. The van der Waals surface area contributed by atoms with Gasteiger partial charge in [0.05, 0.1) is 23.4 Å². The van der Waals surface area contributed by atoms with Gasteiger partial charge in [0.2, 0.25) is 5.91 Å². The summed E-state index contributed by atoms with van der Waals surface area (Å²) in [5.41, 5.74) is 1.31. The molecular weight excluding hydrogens is 365 g/mol. The lowest BCUT2D eigenvalue weighted by atomic mass is 9.72. The highest BCUT2D eigenvalue weighted by molar-refractivity contribution is 6.47. The molecule has 28 heavy (non-hydrogen) atoms. The highest BCUT2D eigenvalue weighted by Crippen LogP contribution is 2.30. The number of nitrogens with one attached hydrogen (secondary N) is 2. The third-order valence-electron chi connectivity index (χ3n) is 4.28. The number of nitrogens with zero attached hydrogens (tertiary/aromatic N) is 3. The van der Waals surface area contributed by atoms with E-state index in [2.05, 4.69) is 20.9 Å². The number of rotatable bonds is 7. The van der Waals surface area contributed by atoms with Crippen molar-refractivity contribution in [1.82, 2.24) is 25.6 Å². The van der Waals surface area contributed by atoms with Crippen molar-refractivity contribution in [2.24, 2.45) is 0 Å². The molecule has 11 heteroatoms. The summed E-state index contributed by atoms with van der Waals surface area (Å²) in [5.74, 6) is -2.07. The van der Waals surface area contributed by atoms with E-state index >= 15 is 0 Å². The topological polar surface area (TPSA) is 139 Å². The molecular formula is C17H22BN5O5. The van der Waals surface area contributed by atoms with Crippen LogP contribution in [0, 0.1) is 0 Å². The third-order valence-corrected chi connectivity index (χ3v) is 4.28. The normalized spacial score (nSPS) is 15.9. The van der Waals surface area contributed by atoms with Crippen LogP contribution in [0.3, 0.4) is 0 Å². The summed E-state index contributed by atoms with van der Waals surface area (Å²) in [6, 6.07) is 5.03. The standard InChI is InChI=1S/C17H22BN5O5/c1-10(2)19-7-12-8-23(22-21-12)9-15(24)20-14-6-11-4-3-5-13(17(25)26)16(11)28-18(14)27/h3-5,8,10,14,19,27H,6-7,9H2,1-2H3,(H,20,24)(H,25,26). The highest BCUT2D eigenvalue weighted by Gasteiger charge is 2.37. The molecule has 1 atom stereocenters. The van der Waals surface area contributed by atoms with Gasteiger partial charge in [-0.2, -0.15) is 0 Å². The Labute approximate surface area is 162 Å². The Hall–Kier alpha value is -2.92. The summed E-state index contributed by atoms with van der Waals surface area (Å²) in [7, 11) is -1.35. The highest BCUT2D eigenvalue weighted by atomic mass is 16.5. The van der Waals surface area contributed by atoms with Gasteiger partial charge in [0.1, 0.15) is 12.3 Å².